The van der Waals surface area contributed by atoms with Crippen LogP contribution in [0.2, 0.25) is 0 Å². The number of pyridine rings is 1. The van der Waals surface area contributed by atoms with Crippen LogP contribution in [0.25, 0.3) is 0 Å². The van der Waals surface area contributed by atoms with Crippen LogP contribution in [0.5, 0.6) is 17.4 Å². The topological polar surface area (TPSA) is 81.2 Å². The van der Waals surface area contributed by atoms with Crippen LogP contribution >= 0.6 is 0 Å². The zero-order valence-electron chi connectivity index (χ0n) is 11.5. The minimum atomic E-state index is -0.0634. The molecule has 0 atom stereocenters. The van der Waals surface area contributed by atoms with Gasteiger partial charge < -0.3 is 15.2 Å². The van der Waals surface area contributed by atoms with Crippen molar-refractivity contribution in [2.75, 3.05) is 6.61 Å². The van der Waals surface area contributed by atoms with E-state index in [1.807, 2.05) is 26.0 Å². The number of benzene rings is 1. The van der Waals surface area contributed by atoms with Gasteiger partial charge in [-0.15, -0.1) is 0 Å². The molecule has 20 heavy (non-hydrogen) atoms. The third-order valence-electron chi connectivity index (χ3n) is 2.72. The Bertz CT molecular complexity index is 626. The second kappa shape index (κ2) is 6.06. The smallest absolute Gasteiger partial charge is 0.230 e. The summed E-state index contributed by atoms with van der Waals surface area (Å²) in [4.78, 5) is 4.15. The van der Waals surface area contributed by atoms with E-state index >= 15 is 0 Å². The monoisotopic (exact) mass is 271 g/mol. The lowest BCUT2D eigenvalue weighted by Gasteiger charge is -2.12. The predicted molar refractivity (Wildman–Crippen MR) is 77.7 cm³/mol. The van der Waals surface area contributed by atoms with Gasteiger partial charge in [0.05, 0.1) is 12.2 Å². The molecule has 3 N–H and O–H groups in total. The van der Waals surface area contributed by atoms with Gasteiger partial charge in [-0.3, -0.25) is 5.41 Å². The van der Waals surface area contributed by atoms with E-state index in [0.717, 1.165) is 11.3 Å². The predicted octanol–water partition coefficient (Wildman–Crippen LogP) is 2.87. The summed E-state index contributed by atoms with van der Waals surface area (Å²) in [6, 6.07) is 9.06. The molecule has 0 amide bonds. The van der Waals surface area contributed by atoms with Gasteiger partial charge in [-0.05, 0) is 37.6 Å². The number of hydrogen-bond acceptors (Lipinski definition) is 4. The van der Waals surface area contributed by atoms with E-state index in [2.05, 4.69) is 4.98 Å². The van der Waals surface area contributed by atoms with E-state index in [-0.39, 0.29) is 5.84 Å². The average molecular weight is 271 g/mol. The Labute approximate surface area is 117 Å². The molecule has 0 unspecified atom stereocenters. The second-order valence-corrected chi connectivity index (χ2v) is 4.23. The lowest BCUT2D eigenvalue weighted by atomic mass is 10.1. The van der Waals surface area contributed by atoms with Gasteiger partial charge in [0.2, 0.25) is 5.88 Å². The molecular weight excluding hydrogens is 254 g/mol. The highest BCUT2D eigenvalue weighted by atomic mass is 16.5. The molecule has 0 fully saturated rings. The number of nitrogen functional groups attached to an aromatic ring is 1. The van der Waals surface area contributed by atoms with Crippen molar-refractivity contribution in [1.29, 1.82) is 5.41 Å². The van der Waals surface area contributed by atoms with E-state index < -0.39 is 0 Å². The maximum Gasteiger partial charge on any atom is 0.230 e. The van der Waals surface area contributed by atoms with E-state index in [0.29, 0.717) is 23.8 Å². The van der Waals surface area contributed by atoms with Crippen molar-refractivity contribution in [3.63, 3.8) is 0 Å². The molecule has 0 aliphatic carbocycles. The summed E-state index contributed by atoms with van der Waals surface area (Å²) >= 11 is 0. The van der Waals surface area contributed by atoms with Crippen molar-refractivity contribution in [3.05, 3.63) is 47.7 Å². The molecule has 0 aliphatic rings. The molecule has 0 bridgehead atoms. The molecule has 104 valence electrons. The standard InChI is InChI=1S/C15H17N3O2/c1-3-19-11-5-4-6-12(9-11)20-15-13(14(16)17)10(2)7-8-18-15/h4-9H,3H2,1-2H3,(H3,16,17). The lowest BCUT2D eigenvalue weighted by molar-refractivity contribution is 0.338. The van der Waals surface area contributed by atoms with Crippen molar-refractivity contribution >= 4 is 5.84 Å². The fraction of sp³-hybridized carbons (Fsp3) is 0.200. The van der Waals surface area contributed by atoms with Crippen LogP contribution in [0.1, 0.15) is 18.1 Å². The number of aromatic nitrogens is 1. The number of nitrogens with zero attached hydrogens (tertiary/aromatic N) is 1. The molecule has 1 aromatic heterocycles. The van der Waals surface area contributed by atoms with Gasteiger partial charge in [0.25, 0.3) is 0 Å². The molecular formula is C15H17N3O2. The van der Waals surface area contributed by atoms with Crippen LogP contribution in [-0.2, 0) is 0 Å². The molecule has 1 heterocycles. The Kier molecular flexibility index (Phi) is 4.20. The number of aryl methyl sites for hydroxylation is 1. The molecule has 0 aliphatic heterocycles. The first-order valence-electron chi connectivity index (χ1n) is 6.32. The quantitative estimate of drug-likeness (QED) is 0.647. The number of hydrogen-bond donors (Lipinski definition) is 2. The van der Waals surface area contributed by atoms with Crippen molar-refractivity contribution in [2.45, 2.75) is 13.8 Å². The summed E-state index contributed by atoms with van der Waals surface area (Å²) in [5.74, 6) is 1.58. The fourth-order valence-corrected chi connectivity index (χ4v) is 1.84. The molecule has 2 aromatic rings. The van der Waals surface area contributed by atoms with Crippen LogP contribution in [0.15, 0.2) is 36.5 Å². The molecule has 0 radical (unpaired) electrons. The first-order valence-corrected chi connectivity index (χ1v) is 6.32. The van der Waals surface area contributed by atoms with Crippen molar-refractivity contribution in [3.8, 4) is 17.4 Å². The van der Waals surface area contributed by atoms with Crippen molar-refractivity contribution < 1.29 is 9.47 Å². The van der Waals surface area contributed by atoms with Crippen LogP contribution < -0.4 is 15.2 Å². The Morgan fingerprint density at radius 2 is 2.05 bits per heavy atom. The number of rotatable bonds is 5. The Morgan fingerprint density at radius 1 is 1.30 bits per heavy atom. The highest BCUT2D eigenvalue weighted by Gasteiger charge is 2.12. The molecule has 1 aromatic carbocycles. The summed E-state index contributed by atoms with van der Waals surface area (Å²) in [5, 5.41) is 7.62. The van der Waals surface area contributed by atoms with Gasteiger partial charge >= 0.3 is 0 Å². The van der Waals surface area contributed by atoms with Gasteiger partial charge in [-0.2, -0.15) is 0 Å². The number of nitrogens with one attached hydrogen (secondary N) is 1. The first-order chi connectivity index (χ1) is 9.61. The molecule has 0 saturated heterocycles. The minimum Gasteiger partial charge on any atom is -0.494 e. The number of nitrogens with two attached hydrogens (primary N) is 1. The number of ether oxygens (including phenoxy) is 2. The van der Waals surface area contributed by atoms with Crippen LogP contribution in [0, 0.1) is 12.3 Å². The van der Waals surface area contributed by atoms with Crippen LogP contribution in [0.4, 0.5) is 0 Å². The average Bonchev–Trinajstić information content (AvgIpc) is 2.39. The summed E-state index contributed by atoms with van der Waals surface area (Å²) < 4.78 is 11.1. The van der Waals surface area contributed by atoms with Gasteiger partial charge in [0.1, 0.15) is 17.3 Å². The Balaban J connectivity index is 2.32. The van der Waals surface area contributed by atoms with Crippen LogP contribution in [-0.4, -0.2) is 17.4 Å². The zero-order chi connectivity index (χ0) is 14.5. The van der Waals surface area contributed by atoms with Gasteiger partial charge in [-0.1, -0.05) is 6.07 Å². The third kappa shape index (κ3) is 3.06. The van der Waals surface area contributed by atoms with Gasteiger partial charge in [-0.25, -0.2) is 4.98 Å². The van der Waals surface area contributed by atoms with E-state index in [1.54, 1.807) is 24.4 Å². The van der Waals surface area contributed by atoms with E-state index in [9.17, 15) is 0 Å². The van der Waals surface area contributed by atoms with Crippen molar-refractivity contribution in [1.82, 2.24) is 4.98 Å². The largest absolute Gasteiger partial charge is 0.494 e. The van der Waals surface area contributed by atoms with Gasteiger partial charge in [0, 0.05) is 12.3 Å². The molecule has 5 nitrogen and oxygen atoms in total. The summed E-state index contributed by atoms with van der Waals surface area (Å²) in [6.45, 7) is 4.37. The summed E-state index contributed by atoms with van der Waals surface area (Å²) in [5.41, 5.74) is 6.94. The Morgan fingerprint density at radius 3 is 2.75 bits per heavy atom. The normalized spacial score (nSPS) is 10.1. The maximum atomic E-state index is 7.62. The fourth-order valence-electron chi connectivity index (χ4n) is 1.84. The summed E-state index contributed by atoms with van der Waals surface area (Å²) in [6.07, 6.45) is 1.63. The molecule has 5 heteroatoms. The molecule has 2 rings (SSSR count). The SMILES string of the molecule is CCOc1cccc(Oc2nccc(C)c2C(=N)N)c1. The van der Waals surface area contributed by atoms with E-state index in [4.69, 9.17) is 20.6 Å². The summed E-state index contributed by atoms with van der Waals surface area (Å²) in [7, 11) is 0. The number of amidine groups is 1. The maximum absolute atomic E-state index is 7.62. The first kappa shape index (κ1) is 13.9. The zero-order valence-corrected chi connectivity index (χ0v) is 11.5. The van der Waals surface area contributed by atoms with Gasteiger partial charge in [0.15, 0.2) is 0 Å². The van der Waals surface area contributed by atoms with E-state index in [1.165, 1.54) is 0 Å². The second-order valence-electron chi connectivity index (χ2n) is 4.23. The minimum absolute atomic E-state index is 0.0634. The lowest BCUT2D eigenvalue weighted by Crippen LogP contribution is -2.14. The molecule has 0 saturated carbocycles. The highest BCUT2D eigenvalue weighted by molar-refractivity contribution is 5.98. The molecule has 0 spiro atoms. The van der Waals surface area contributed by atoms with Crippen molar-refractivity contribution in [2.24, 2.45) is 5.73 Å². The highest BCUT2D eigenvalue weighted by Crippen LogP contribution is 2.27. The Hall–Kier alpha value is -2.56. The third-order valence-corrected chi connectivity index (χ3v) is 2.72. The van der Waals surface area contributed by atoms with Crippen LogP contribution in [0.3, 0.4) is 0 Å².